The first-order chi connectivity index (χ1) is 8.81. The molecule has 3 nitrogen and oxygen atoms in total. The summed E-state index contributed by atoms with van der Waals surface area (Å²) in [6.07, 6.45) is 8.80. The van der Waals surface area contributed by atoms with Crippen molar-refractivity contribution in [2.75, 3.05) is 19.6 Å². The molecule has 3 aliphatic rings. The van der Waals surface area contributed by atoms with Gasteiger partial charge in [-0.25, -0.2) is 0 Å². The molecule has 0 aromatic heterocycles. The number of hydrogen-bond donors (Lipinski definition) is 1. The van der Waals surface area contributed by atoms with Gasteiger partial charge in [-0.05, 0) is 56.4 Å². The van der Waals surface area contributed by atoms with Crippen LogP contribution in [0.2, 0.25) is 0 Å². The lowest BCUT2D eigenvalue weighted by atomic mass is 9.93. The molecule has 1 heterocycles. The second-order valence-corrected chi connectivity index (χ2v) is 6.48. The smallest absolute Gasteiger partial charge is 0.226 e. The molecule has 2 unspecified atom stereocenters. The van der Waals surface area contributed by atoms with Crippen LogP contribution < -0.4 is 5.73 Å². The summed E-state index contributed by atoms with van der Waals surface area (Å²) in [4.78, 5) is 14.6. The maximum Gasteiger partial charge on any atom is 0.226 e. The van der Waals surface area contributed by atoms with E-state index >= 15 is 0 Å². The fourth-order valence-corrected chi connectivity index (χ4v) is 4.25. The summed E-state index contributed by atoms with van der Waals surface area (Å²) >= 11 is 0. The maximum absolute atomic E-state index is 12.5. The molecule has 0 aromatic carbocycles. The first-order valence-corrected chi connectivity index (χ1v) is 7.80. The van der Waals surface area contributed by atoms with Gasteiger partial charge < -0.3 is 10.6 Å². The third-order valence-electron chi connectivity index (χ3n) is 5.44. The summed E-state index contributed by atoms with van der Waals surface area (Å²) in [6, 6.07) is 0. The van der Waals surface area contributed by atoms with Crippen molar-refractivity contribution in [2.24, 2.45) is 29.4 Å². The van der Waals surface area contributed by atoms with E-state index in [1.807, 2.05) is 0 Å². The van der Waals surface area contributed by atoms with Crippen LogP contribution in [-0.2, 0) is 4.79 Å². The normalized spacial score (nSPS) is 36.3. The van der Waals surface area contributed by atoms with Crippen LogP contribution in [0.3, 0.4) is 0 Å². The average molecular weight is 250 g/mol. The largest absolute Gasteiger partial charge is 0.342 e. The first kappa shape index (κ1) is 12.5. The van der Waals surface area contributed by atoms with E-state index in [1.165, 1.54) is 38.5 Å². The summed E-state index contributed by atoms with van der Waals surface area (Å²) in [5, 5.41) is 0. The Hall–Kier alpha value is -0.570. The van der Waals surface area contributed by atoms with Gasteiger partial charge in [-0.15, -0.1) is 0 Å². The summed E-state index contributed by atoms with van der Waals surface area (Å²) in [5.74, 6) is 3.18. The van der Waals surface area contributed by atoms with Crippen LogP contribution >= 0.6 is 0 Å². The van der Waals surface area contributed by atoms with Gasteiger partial charge in [-0.2, -0.15) is 0 Å². The van der Waals surface area contributed by atoms with Crippen molar-refractivity contribution in [1.82, 2.24) is 4.90 Å². The van der Waals surface area contributed by atoms with Crippen LogP contribution in [0.1, 0.15) is 44.9 Å². The van der Waals surface area contributed by atoms with Crippen molar-refractivity contribution in [1.29, 1.82) is 0 Å². The zero-order chi connectivity index (χ0) is 12.5. The standard InChI is InChI=1S/C15H26N2O/c16-8-5-11-6-9-17(10-7-11)15(18)14-12-3-1-2-4-13(12)14/h11-14H,1-10,16H2. The third-order valence-corrected chi connectivity index (χ3v) is 5.44. The molecule has 0 radical (unpaired) electrons. The van der Waals surface area contributed by atoms with Crippen LogP contribution in [-0.4, -0.2) is 30.4 Å². The van der Waals surface area contributed by atoms with Crippen molar-refractivity contribution in [3.63, 3.8) is 0 Å². The zero-order valence-electron chi connectivity index (χ0n) is 11.3. The van der Waals surface area contributed by atoms with Gasteiger partial charge in [0.2, 0.25) is 5.91 Å². The average Bonchev–Trinajstić information content (AvgIpc) is 3.13. The van der Waals surface area contributed by atoms with E-state index in [1.54, 1.807) is 0 Å². The van der Waals surface area contributed by atoms with E-state index in [9.17, 15) is 4.79 Å². The summed E-state index contributed by atoms with van der Waals surface area (Å²) in [6.45, 7) is 2.77. The molecule has 2 atom stereocenters. The Labute approximate surface area is 110 Å². The van der Waals surface area contributed by atoms with Gasteiger partial charge in [0.15, 0.2) is 0 Å². The Balaban J connectivity index is 1.49. The highest BCUT2D eigenvalue weighted by Gasteiger charge is 2.55. The predicted molar refractivity (Wildman–Crippen MR) is 71.9 cm³/mol. The van der Waals surface area contributed by atoms with Gasteiger partial charge >= 0.3 is 0 Å². The highest BCUT2D eigenvalue weighted by atomic mass is 16.2. The minimum Gasteiger partial charge on any atom is -0.342 e. The highest BCUT2D eigenvalue weighted by Crippen LogP contribution is 2.56. The molecule has 0 bridgehead atoms. The zero-order valence-corrected chi connectivity index (χ0v) is 11.3. The molecule has 2 aliphatic carbocycles. The van der Waals surface area contributed by atoms with Gasteiger partial charge in [0.1, 0.15) is 0 Å². The lowest BCUT2D eigenvalue weighted by Gasteiger charge is -2.32. The molecule has 18 heavy (non-hydrogen) atoms. The topological polar surface area (TPSA) is 46.3 Å². The lowest BCUT2D eigenvalue weighted by Crippen LogP contribution is -2.40. The number of rotatable bonds is 3. The van der Waals surface area contributed by atoms with Crippen LogP contribution in [0.4, 0.5) is 0 Å². The first-order valence-electron chi connectivity index (χ1n) is 7.80. The number of hydrogen-bond acceptors (Lipinski definition) is 2. The molecule has 3 fully saturated rings. The fraction of sp³-hybridized carbons (Fsp3) is 0.933. The number of carbonyl (C=O) groups excluding carboxylic acids is 1. The van der Waals surface area contributed by atoms with Crippen molar-refractivity contribution in [3.8, 4) is 0 Å². The molecular weight excluding hydrogens is 224 g/mol. The SMILES string of the molecule is NCCC1CCN(C(=O)C2C3CCCCC32)CC1. The lowest BCUT2D eigenvalue weighted by molar-refractivity contribution is -0.134. The van der Waals surface area contributed by atoms with Gasteiger partial charge in [0.05, 0.1) is 0 Å². The van der Waals surface area contributed by atoms with E-state index in [0.717, 1.165) is 43.8 Å². The molecule has 2 saturated carbocycles. The molecule has 1 aliphatic heterocycles. The molecule has 2 N–H and O–H groups in total. The predicted octanol–water partition coefficient (Wildman–Crippen LogP) is 2.01. The second-order valence-electron chi connectivity index (χ2n) is 6.48. The number of likely N-dealkylation sites (tertiary alicyclic amines) is 1. The molecule has 0 aromatic rings. The van der Waals surface area contributed by atoms with E-state index in [2.05, 4.69) is 4.90 Å². The molecular formula is C15H26N2O. The number of amides is 1. The monoisotopic (exact) mass is 250 g/mol. The quantitative estimate of drug-likeness (QED) is 0.833. The Bertz CT molecular complexity index is 298. The van der Waals surface area contributed by atoms with E-state index in [4.69, 9.17) is 5.73 Å². The summed E-state index contributed by atoms with van der Waals surface area (Å²) < 4.78 is 0. The minimum absolute atomic E-state index is 0.415. The van der Waals surface area contributed by atoms with E-state index < -0.39 is 0 Å². The fourth-order valence-electron chi connectivity index (χ4n) is 4.25. The molecule has 3 rings (SSSR count). The number of fused-ring (bicyclic) bond motifs is 1. The molecule has 102 valence electrons. The maximum atomic E-state index is 12.5. The van der Waals surface area contributed by atoms with Gasteiger partial charge in [0.25, 0.3) is 0 Å². The number of nitrogens with two attached hydrogens (primary N) is 1. The molecule has 1 amide bonds. The van der Waals surface area contributed by atoms with Crippen LogP contribution in [0.25, 0.3) is 0 Å². The van der Waals surface area contributed by atoms with Gasteiger partial charge in [-0.1, -0.05) is 12.8 Å². The highest BCUT2D eigenvalue weighted by molar-refractivity contribution is 5.82. The Morgan fingerprint density at radius 3 is 2.22 bits per heavy atom. The van der Waals surface area contributed by atoms with Gasteiger partial charge in [-0.3, -0.25) is 4.79 Å². The third kappa shape index (κ3) is 2.29. The van der Waals surface area contributed by atoms with Crippen LogP contribution in [0.5, 0.6) is 0 Å². The van der Waals surface area contributed by atoms with Crippen molar-refractivity contribution in [2.45, 2.75) is 44.9 Å². The number of carbonyl (C=O) groups is 1. The Morgan fingerprint density at radius 1 is 1.06 bits per heavy atom. The second kappa shape index (κ2) is 5.20. The van der Waals surface area contributed by atoms with Gasteiger partial charge in [0, 0.05) is 19.0 Å². The van der Waals surface area contributed by atoms with Crippen LogP contribution in [0, 0.1) is 23.7 Å². The van der Waals surface area contributed by atoms with Crippen molar-refractivity contribution >= 4 is 5.91 Å². The number of piperidine rings is 1. The molecule has 3 heteroatoms. The van der Waals surface area contributed by atoms with Crippen LogP contribution in [0.15, 0.2) is 0 Å². The molecule has 1 saturated heterocycles. The van der Waals surface area contributed by atoms with E-state index in [0.29, 0.717) is 11.8 Å². The van der Waals surface area contributed by atoms with Crippen molar-refractivity contribution < 1.29 is 4.79 Å². The Kier molecular flexibility index (Phi) is 3.60. The molecule has 0 spiro atoms. The Morgan fingerprint density at radius 2 is 1.67 bits per heavy atom. The summed E-state index contributed by atoms with van der Waals surface area (Å²) in [7, 11) is 0. The van der Waals surface area contributed by atoms with E-state index in [-0.39, 0.29) is 0 Å². The number of nitrogens with zero attached hydrogens (tertiary/aromatic N) is 1. The summed E-state index contributed by atoms with van der Waals surface area (Å²) in [5.41, 5.74) is 5.61. The minimum atomic E-state index is 0.415. The van der Waals surface area contributed by atoms with Crippen molar-refractivity contribution in [3.05, 3.63) is 0 Å².